The van der Waals surface area contributed by atoms with Crippen LogP contribution >= 0.6 is 11.6 Å². The van der Waals surface area contributed by atoms with Gasteiger partial charge < -0.3 is 10.6 Å². The van der Waals surface area contributed by atoms with Crippen LogP contribution in [0.15, 0.2) is 54.7 Å². The fourth-order valence-electron chi connectivity index (χ4n) is 2.53. The Hall–Kier alpha value is -3.25. The SMILES string of the molecule is Cc1ccc(C)c(NC(=O)c2ccnc(C(=O)Nc3ccc(F)c(Cl)c3)c2)c1. The number of halogens is 2. The number of hydrogen-bond donors (Lipinski definition) is 2. The first kappa shape index (κ1) is 19.5. The predicted molar refractivity (Wildman–Crippen MR) is 107 cm³/mol. The average molecular weight is 398 g/mol. The lowest BCUT2D eigenvalue weighted by Gasteiger charge is -2.10. The highest BCUT2D eigenvalue weighted by Crippen LogP contribution is 2.20. The second-order valence-corrected chi connectivity index (χ2v) is 6.69. The molecule has 0 saturated heterocycles. The van der Waals surface area contributed by atoms with Crippen LogP contribution in [0.3, 0.4) is 0 Å². The van der Waals surface area contributed by atoms with E-state index in [2.05, 4.69) is 15.6 Å². The van der Waals surface area contributed by atoms with E-state index >= 15 is 0 Å². The summed E-state index contributed by atoms with van der Waals surface area (Å²) in [5, 5.41) is 5.31. The number of nitrogens with zero attached hydrogens (tertiary/aromatic N) is 1. The van der Waals surface area contributed by atoms with Crippen LogP contribution in [-0.2, 0) is 0 Å². The molecule has 142 valence electrons. The number of aryl methyl sites for hydroxylation is 2. The van der Waals surface area contributed by atoms with E-state index in [0.29, 0.717) is 11.4 Å². The van der Waals surface area contributed by atoms with Crippen molar-refractivity contribution in [2.45, 2.75) is 13.8 Å². The Kier molecular flexibility index (Phi) is 5.70. The number of anilines is 2. The standard InChI is InChI=1S/C21H17ClFN3O2/c1-12-3-4-13(2)18(9-12)26-20(27)14-7-8-24-19(10-14)21(28)25-15-5-6-17(23)16(22)11-15/h3-11H,1-2H3,(H,25,28)(H,26,27). The van der Waals surface area contributed by atoms with E-state index in [1.54, 1.807) is 0 Å². The van der Waals surface area contributed by atoms with Gasteiger partial charge in [-0.15, -0.1) is 0 Å². The van der Waals surface area contributed by atoms with Crippen LogP contribution in [0.2, 0.25) is 5.02 Å². The summed E-state index contributed by atoms with van der Waals surface area (Å²) in [7, 11) is 0. The summed E-state index contributed by atoms with van der Waals surface area (Å²) in [6, 6.07) is 12.5. The molecule has 3 rings (SSSR count). The minimum Gasteiger partial charge on any atom is -0.322 e. The molecule has 7 heteroatoms. The third-order valence-electron chi connectivity index (χ3n) is 4.07. The number of amides is 2. The van der Waals surface area contributed by atoms with Crippen LogP contribution in [-0.4, -0.2) is 16.8 Å². The number of rotatable bonds is 4. The third kappa shape index (κ3) is 4.53. The first-order chi connectivity index (χ1) is 13.3. The van der Waals surface area contributed by atoms with Gasteiger partial charge in [-0.1, -0.05) is 23.7 Å². The normalized spacial score (nSPS) is 10.4. The quantitative estimate of drug-likeness (QED) is 0.651. The van der Waals surface area contributed by atoms with Gasteiger partial charge in [0, 0.05) is 23.1 Å². The summed E-state index contributed by atoms with van der Waals surface area (Å²) in [6.45, 7) is 3.83. The molecule has 0 spiro atoms. The Bertz CT molecular complexity index is 1070. The molecule has 0 aliphatic heterocycles. The monoisotopic (exact) mass is 397 g/mol. The molecule has 2 aromatic carbocycles. The zero-order chi connectivity index (χ0) is 20.3. The van der Waals surface area contributed by atoms with Gasteiger partial charge in [0.05, 0.1) is 5.02 Å². The van der Waals surface area contributed by atoms with Crippen molar-refractivity contribution in [3.63, 3.8) is 0 Å². The molecule has 0 bridgehead atoms. The topological polar surface area (TPSA) is 71.1 Å². The number of hydrogen-bond acceptors (Lipinski definition) is 3. The third-order valence-corrected chi connectivity index (χ3v) is 4.36. The number of benzene rings is 2. The molecule has 1 aromatic heterocycles. The number of carbonyl (C=O) groups is 2. The van der Waals surface area contributed by atoms with Crippen molar-refractivity contribution in [1.82, 2.24) is 4.98 Å². The van der Waals surface area contributed by atoms with Gasteiger partial charge in [0.1, 0.15) is 11.5 Å². The molecule has 0 radical (unpaired) electrons. The molecule has 0 aliphatic rings. The van der Waals surface area contributed by atoms with Gasteiger partial charge in [-0.05, 0) is 61.4 Å². The Labute approximate surface area is 166 Å². The number of carbonyl (C=O) groups excluding carboxylic acids is 2. The second-order valence-electron chi connectivity index (χ2n) is 6.29. The largest absolute Gasteiger partial charge is 0.322 e. The van der Waals surface area contributed by atoms with Crippen molar-refractivity contribution < 1.29 is 14.0 Å². The summed E-state index contributed by atoms with van der Waals surface area (Å²) in [5.74, 6) is -1.47. The average Bonchev–Trinajstić information content (AvgIpc) is 2.67. The van der Waals surface area contributed by atoms with Crippen molar-refractivity contribution in [3.8, 4) is 0 Å². The summed E-state index contributed by atoms with van der Waals surface area (Å²) in [4.78, 5) is 29.0. The fourth-order valence-corrected chi connectivity index (χ4v) is 2.71. The van der Waals surface area contributed by atoms with Gasteiger partial charge in [-0.3, -0.25) is 14.6 Å². The molecule has 0 aliphatic carbocycles. The molecule has 2 amide bonds. The maximum Gasteiger partial charge on any atom is 0.274 e. The molecule has 28 heavy (non-hydrogen) atoms. The van der Waals surface area contributed by atoms with E-state index in [1.807, 2.05) is 32.0 Å². The highest BCUT2D eigenvalue weighted by Gasteiger charge is 2.14. The molecular weight excluding hydrogens is 381 g/mol. The van der Waals surface area contributed by atoms with E-state index in [1.165, 1.54) is 30.5 Å². The van der Waals surface area contributed by atoms with Crippen molar-refractivity contribution in [2.75, 3.05) is 10.6 Å². The van der Waals surface area contributed by atoms with Gasteiger partial charge in [0.2, 0.25) is 0 Å². The van der Waals surface area contributed by atoms with Gasteiger partial charge in [-0.2, -0.15) is 0 Å². The lowest BCUT2D eigenvalue weighted by molar-refractivity contribution is 0.102. The highest BCUT2D eigenvalue weighted by molar-refractivity contribution is 6.31. The van der Waals surface area contributed by atoms with E-state index in [4.69, 9.17) is 11.6 Å². The first-order valence-electron chi connectivity index (χ1n) is 8.44. The fraction of sp³-hybridized carbons (Fsp3) is 0.0952. The smallest absolute Gasteiger partial charge is 0.274 e. The zero-order valence-electron chi connectivity index (χ0n) is 15.2. The van der Waals surface area contributed by atoms with Crippen LogP contribution in [0.4, 0.5) is 15.8 Å². The summed E-state index contributed by atoms with van der Waals surface area (Å²) in [5.41, 5.74) is 3.32. The van der Waals surface area contributed by atoms with Gasteiger partial charge in [0.15, 0.2) is 0 Å². The second kappa shape index (κ2) is 8.19. The van der Waals surface area contributed by atoms with Gasteiger partial charge >= 0.3 is 0 Å². The Morgan fingerprint density at radius 1 is 0.964 bits per heavy atom. The summed E-state index contributed by atoms with van der Waals surface area (Å²) in [6.07, 6.45) is 1.38. The van der Waals surface area contributed by atoms with Crippen molar-refractivity contribution in [3.05, 3.63) is 88.0 Å². The number of aromatic nitrogens is 1. The van der Waals surface area contributed by atoms with Crippen molar-refractivity contribution in [1.29, 1.82) is 0 Å². The number of pyridine rings is 1. The van der Waals surface area contributed by atoms with Crippen LogP contribution in [0.25, 0.3) is 0 Å². The summed E-state index contributed by atoms with van der Waals surface area (Å²) < 4.78 is 13.2. The molecule has 1 heterocycles. The van der Waals surface area contributed by atoms with Crippen molar-refractivity contribution in [2.24, 2.45) is 0 Å². The lowest BCUT2D eigenvalue weighted by Crippen LogP contribution is -2.17. The van der Waals surface area contributed by atoms with E-state index in [-0.39, 0.29) is 22.2 Å². The minimum absolute atomic E-state index is 0.0501. The molecule has 5 nitrogen and oxygen atoms in total. The molecule has 0 unspecified atom stereocenters. The Morgan fingerprint density at radius 2 is 1.75 bits per heavy atom. The first-order valence-corrected chi connectivity index (χ1v) is 8.82. The predicted octanol–water partition coefficient (Wildman–Crippen LogP) is 5.00. The Morgan fingerprint density at radius 3 is 2.50 bits per heavy atom. The van der Waals surface area contributed by atoms with Crippen LogP contribution < -0.4 is 10.6 Å². The molecular formula is C21H17ClFN3O2. The van der Waals surface area contributed by atoms with Crippen LogP contribution in [0.5, 0.6) is 0 Å². The maximum atomic E-state index is 13.2. The van der Waals surface area contributed by atoms with Crippen molar-refractivity contribution >= 4 is 34.8 Å². The Balaban J connectivity index is 1.77. The molecule has 0 fully saturated rings. The molecule has 3 aromatic rings. The van der Waals surface area contributed by atoms with Crippen LogP contribution in [0, 0.1) is 19.7 Å². The summed E-state index contributed by atoms with van der Waals surface area (Å²) >= 11 is 5.72. The van der Waals surface area contributed by atoms with E-state index < -0.39 is 11.7 Å². The van der Waals surface area contributed by atoms with E-state index in [0.717, 1.165) is 17.2 Å². The van der Waals surface area contributed by atoms with E-state index in [9.17, 15) is 14.0 Å². The van der Waals surface area contributed by atoms with Gasteiger partial charge in [-0.25, -0.2) is 4.39 Å². The molecule has 0 saturated carbocycles. The zero-order valence-corrected chi connectivity index (χ0v) is 16.0. The number of nitrogens with one attached hydrogen (secondary N) is 2. The molecule has 0 atom stereocenters. The van der Waals surface area contributed by atoms with Gasteiger partial charge in [0.25, 0.3) is 11.8 Å². The maximum absolute atomic E-state index is 13.2. The molecule has 2 N–H and O–H groups in total. The highest BCUT2D eigenvalue weighted by atomic mass is 35.5. The minimum atomic E-state index is -0.581. The van der Waals surface area contributed by atoms with Crippen LogP contribution in [0.1, 0.15) is 32.0 Å². The lowest BCUT2D eigenvalue weighted by atomic mass is 10.1.